The summed E-state index contributed by atoms with van der Waals surface area (Å²) in [4.78, 5) is 31.0. The Bertz CT molecular complexity index is 1270. The number of aldehydes is 1. The van der Waals surface area contributed by atoms with E-state index >= 15 is 0 Å². The SMILES string of the molecule is CNC1(Cc2nn(-c3ccc(C)cn3)c(NC(=O)CSC)c2C=O)CN(c2ccc(C(F)(F)F)cc2)C1. The van der Waals surface area contributed by atoms with Crippen LogP contribution >= 0.6 is 11.8 Å². The van der Waals surface area contributed by atoms with E-state index in [0.29, 0.717) is 43.0 Å². The Kier molecular flexibility index (Phi) is 7.60. The molecule has 4 rings (SSSR count). The average Bonchev–Trinajstić information content (AvgIpc) is 3.17. The van der Waals surface area contributed by atoms with Gasteiger partial charge in [0.15, 0.2) is 12.1 Å². The van der Waals surface area contributed by atoms with Crippen molar-refractivity contribution in [2.24, 2.45) is 0 Å². The van der Waals surface area contributed by atoms with Crippen LogP contribution in [0.1, 0.15) is 27.2 Å². The molecule has 1 aliphatic heterocycles. The molecule has 8 nitrogen and oxygen atoms in total. The summed E-state index contributed by atoms with van der Waals surface area (Å²) in [6.07, 6.45) is 0.131. The van der Waals surface area contributed by atoms with Crippen molar-refractivity contribution in [3.05, 3.63) is 65.0 Å². The number of aromatic nitrogens is 3. The van der Waals surface area contributed by atoms with Crippen molar-refractivity contribution < 1.29 is 22.8 Å². The number of aryl methyl sites for hydroxylation is 1. The fourth-order valence-corrected chi connectivity index (χ4v) is 4.64. The van der Waals surface area contributed by atoms with Gasteiger partial charge < -0.3 is 15.5 Å². The number of likely N-dealkylation sites (N-methyl/N-ethyl adjacent to an activating group) is 1. The van der Waals surface area contributed by atoms with E-state index in [1.54, 1.807) is 25.6 Å². The summed E-state index contributed by atoms with van der Waals surface area (Å²) in [6, 6.07) is 8.67. The summed E-state index contributed by atoms with van der Waals surface area (Å²) >= 11 is 1.36. The summed E-state index contributed by atoms with van der Waals surface area (Å²) in [5.74, 6) is 0.655. The van der Waals surface area contributed by atoms with E-state index in [-0.39, 0.29) is 23.0 Å². The number of carbonyl (C=O) groups excluding carboxylic acids is 2. The third-order valence-electron chi connectivity index (χ3n) is 6.35. The molecule has 0 radical (unpaired) electrons. The van der Waals surface area contributed by atoms with Crippen LogP contribution in [0.2, 0.25) is 0 Å². The van der Waals surface area contributed by atoms with Crippen LogP contribution in [0, 0.1) is 6.92 Å². The van der Waals surface area contributed by atoms with Gasteiger partial charge in [-0.15, -0.1) is 0 Å². The average molecular weight is 533 g/mol. The van der Waals surface area contributed by atoms with Crippen LogP contribution in [0.4, 0.5) is 24.7 Å². The number of rotatable bonds is 9. The summed E-state index contributed by atoms with van der Waals surface area (Å²) in [7, 11) is 1.80. The zero-order chi connectivity index (χ0) is 26.8. The highest BCUT2D eigenvalue weighted by Gasteiger charge is 2.43. The van der Waals surface area contributed by atoms with Gasteiger partial charge in [0.1, 0.15) is 5.82 Å². The molecule has 1 aliphatic rings. The highest BCUT2D eigenvalue weighted by molar-refractivity contribution is 7.99. The first kappa shape index (κ1) is 26.7. The van der Waals surface area contributed by atoms with E-state index < -0.39 is 17.3 Å². The Balaban J connectivity index is 1.61. The number of halogens is 3. The van der Waals surface area contributed by atoms with Crippen LogP contribution in [0.25, 0.3) is 5.82 Å². The Morgan fingerprint density at radius 3 is 2.43 bits per heavy atom. The maximum atomic E-state index is 12.9. The zero-order valence-corrected chi connectivity index (χ0v) is 21.4. The number of pyridine rings is 1. The highest BCUT2D eigenvalue weighted by Crippen LogP contribution is 2.35. The molecule has 12 heteroatoms. The minimum atomic E-state index is -4.39. The lowest BCUT2D eigenvalue weighted by molar-refractivity contribution is -0.137. The molecule has 2 N–H and O–H groups in total. The number of benzene rings is 1. The van der Waals surface area contributed by atoms with Gasteiger partial charge in [0.2, 0.25) is 5.91 Å². The molecule has 0 aliphatic carbocycles. The van der Waals surface area contributed by atoms with Crippen LogP contribution < -0.4 is 15.5 Å². The third-order valence-corrected chi connectivity index (χ3v) is 6.90. The van der Waals surface area contributed by atoms with Crippen molar-refractivity contribution in [1.82, 2.24) is 20.1 Å². The second kappa shape index (κ2) is 10.5. The van der Waals surface area contributed by atoms with E-state index in [0.717, 1.165) is 17.7 Å². The van der Waals surface area contributed by atoms with Crippen molar-refractivity contribution in [1.29, 1.82) is 0 Å². The third kappa shape index (κ3) is 5.64. The number of nitrogens with one attached hydrogen (secondary N) is 2. The van der Waals surface area contributed by atoms with Crippen molar-refractivity contribution >= 4 is 35.5 Å². The van der Waals surface area contributed by atoms with Gasteiger partial charge >= 0.3 is 6.18 Å². The highest BCUT2D eigenvalue weighted by atomic mass is 32.2. The lowest BCUT2D eigenvalue weighted by Gasteiger charge is -2.51. The Morgan fingerprint density at radius 1 is 1.19 bits per heavy atom. The Morgan fingerprint density at radius 2 is 1.89 bits per heavy atom. The minimum absolute atomic E-state index is 0.211. The van der Waals surface area contributed by atoms with Crippen LogP contribution in [0.3, 0.4) is 0 Å². The molecule has 0 spiro atoms. The molecule has 2 aromatic heterocycles. The molecular weight excluding hydrogens is 505 g/mol. The molecule has 3 aromatic rings. The lowest BCUT2D eigenvalue weighted by Crippen LogP contribution is -2.69. The van der Waals surface area contributed by atoms with E-state index in [1.807, 2.05) is 17.9 Å². The monoisotopic (exact) mass is 532 g/mol. The van der Waals surface area contributed by atoms with Crippen LogP contribution in [-0.4, -0.2) is 64.6 Å². The van der Waals surface area contributed by atoms with Crippen LogP contribution in [0.15, 0.2) is 42.6 Å². The first-order valence-corrected chi connectivity index (χ1v) is 12.9. The molecule has 196 valence electrons. The van der Waals surface area contributed by atoms with E-state index in [9.17, 15) is 22.8 Å². The standard InChI is InChI=1S/C25H27F3N6O2S/c1-16-4-9-21(30-11-16)34-23(31-22(36)13-37-3)19(12-35)20(32-34)10-24(29-2)14-33(15-24)18-7-5-17(6-8-18)25(26,27)28/h4-9,11-12,29H,10,13-15H2,1-3H3,(H,31,36). The topological polar surface area (TPSA) is 92.1 Å². The molecule has 37 heavy (non-hydrogen) atoms. The lowest BCUT2D eigenvalue weighted by atomic mass is 9.83. The first-order chi connectivity index (χ1) is 17.6. The molecule has 3 heterocycles. The first-order valence-electron chi connectivity index (χ1n) is 11.5. The summed E-state index contributed by atoms with van der Waals surface area (Å²) in [6.45, 7) is 2.90. The molecule has 1 aromatic carbocycles. The number of amides is 1. The van der Waals surface area contributed by atoms with Gasteiger partial charge in [-0.2, -0.15) is 34.7 Å². The van der Waals surface area contributed by atoms with E-state index in [4.69, 9.17) is 0 Å². The molecular formula is C25H27F3N6O2S. The van der Waals surface area contributed by atoms with Crippen molar-refractivity contribution in [3.63, 3.8) is 0 Å². The molecule has 1 amide bonds. The van der Waals surface area contributed by atoms with Gasteiger partial charge in [0, 0.05) is 31.4 Å². The van der Waals surface area contributed by atoms with Gasteiger partial charge in [0.25, 0.3) is 0 Å². The van der Waals surface area contributed by atoms with Gasteiger partial charge in [-0.05, 0) is 56.1 Å². The van der Waals surface area contributed by atoms with Gasteiger partial charge in [-0.3, -0.25) is 9.59 Å². The van der Waals surface area contributed by atoms with Crippen LogP contribution in [0.5, 0.6) is 0 Å². The maximum absolute atomic E-state index is 12.9. The quantitative estimate of drug-likeness (QED) is 0.406. The van der Waals surface area contributed by atoms with E-state index in [1.165, 1.54) is 28.6 Å². The fraction of sp³-hybridized carbons (Fsp3) is 0.360. The molecule has 0 saturated carbocycles. The number of anilines is 2. The largest absolute Gasteiger partial charge is 0.416 e. The predicted octanol–water partition coefficient (Wildman–Crippen LogP) is 3.73. The number of carbonyl (C=O) groups is 2. The number of nitrogens with zero attached hydrogens (tertiary/aromatic N) is 4. The summed E-state index contributed by atoms with van der Waals surface area (Å²) < 4.78 is 40.2. The number of thioether (sulfide) groups is 1. The second-order valence-electron chi connectivity index (χ2n) is 9.02. The number of hydrogen-bond donors (Lipinski definition) is 2. The molecule has 1 fully saturated rings. The Labute approximate surface area is 216 Å². The zero-order valence-electron chi connectivity index (χ0n) is 20.6. The predicted molar refractivity (Wildman–Crippen MR) is 138 cm³/mol. The smallest absolute Gasteiger partial charge is 0.368 e. The fourth-order valence-electron chi connectivity index (χ4n) is 4.31. The summed E-state index contributed by atoms with van der Waals surface area (Å²) in [5, 5.41) is 10.8. The van der Waals surface area contributed by atoms with Gasteiger partial charge in [-0.1, -0.05) is 6.07 Å². The molecule has 0 unspecified atom stereocenters. The molecule has 0 bridgehead atoms. The Hall–Kier alpha value is -3.38. The maximum Gasteiger partial charge on any atom is 0.416 e. The normalized spacial score (nSPS) is 14.8. The van der Waals surface area contributed by atoms with Crippen molar-refractivity contribution in [2.75, 3.05) is 42.4 Å². The number of alkyl halides is 3. The van der Waals surface area contributed by atoms with Crippen LogP contribution in [-0.2, 0) is 17.4 Å². The van der Waals surface area contributed by atoms with Crippen molar-refractivity contribution in [3.8, 4) is 5.82 Å². The summed E-state index contributed by atoms with van der Waals surface area (Å²) in [5.41, 5.74) is 1.21. The van der Waals surface area contributed by atoms with Gasteiger partial charge in [0.05, 0.1) is 28.1 Å². The second-order valence-corrected chi connectivity index (χ2v) is 9.89. The van der Waals surface area contributed by atoms with Gasteiger partial charge in [-0.25, -0.2) is 4.98 Å². The van der Waals surface area contributed by atoms with E-state index in [2.05, 4.69) is 20.7 Å². The molecule has 0 atom stereocenters. The van der Waals surface area contributed by atoms with Crippen molar-refractivity contribution in [2.45, 2.75) is 25.1 Å². The molecule has 1 saturated heterocycles. The number of hydrogen-bond acceptors (Lipinski definition) is 7. The minimum Gasteiger partial charge on any atom is -0.368 e.